The summed E-state index contributed by atoms with van der Waals surface area (Å²) in [7, 11) is 6.38. The maximum absolute atomic E-state index is 5.74. The van der Waals surface area contributed by atoms with Gasteiger partial charge in [0, 0.05) is 0 Å². The van der Waals surface area contributed by atoms with Gasteiger partial charge in [-0.1, -0.05) is 223 Å². The van der Waals surface area contributed by atoms with Crippen molar-refractivity contribution in [1.82, 2.24) is 4.98 Å². The van der Waals surface area contributed by atoms with Gasteiger partial charge >= 0.3 is 32.7 Å². The van der Waals surface area contributed by atoms with E-state index in [9.17, 15) is 0 Å². The second-order valence-corrected chi connectivity index (χ2v) is 23.8. The van der Waals surface area contributed by atoms with Gasteiger partial charge in [-0.05, 0) is 109 Å². The normalized spacial score (nSPS) is 11.4. The quantitative estimate of drug-likeness (QED) is 0.112. The molecule has 1 heterocycles. The minimum Gasteiger partial charge on any atom is -0.656 e. The molecule has 6 heteroatoms. The average molecular weight is 1000 g/mol. The summed E-state index contributed by atoms with van der Waals surface area (Å²) in [5.41, 5.74) is 9.45. The Morgan fingerprint density at radius 2 is 0.647 bits per heavy atom. The van der Waals surface area contributed by atoms with Crippen molar-refractivity contribution in [3.8, 4) is 0 Å². The number of rotatable bonds is 8. The first kappa shape index (κ1) is 52.2. The van der Waals surface area contributed by atoms with Crippen LogP contribution in [0.15, 0.2) is 194 Å². The van der Waals surface area contributed by atoms with Crippen molar-refractivity contribution in [2.75, 3.05) is 38.0 Å². The van der Waals surface area contributed by atoms with Gasteiger partial charge in [-0.15, -0.1) is 23.2 Å². The maximum Gasteiger partial charge on any atom is 3.00 e. The Morgan fingerprint density at radius 3 is 0.882 bits per heavy atom. The number of para-hydroxylation sites is 2. The predicted molar refractivity (Wildman–Crippen MR) is 300 cm³/mol. The molecule has 9 rings (SSSR count). The van der Waals surface area contributed by atoms with E-state index in [0.29, 0.717) is 0 Å². The van der Waals surface area contributed by atoms with Crippen LogP contribution in [0.2, 0.25) is 0 Å². The SMILES string of the molecule is CC(C)(C)c1cc(P(c2ccccc2)c2ccccc2)c2[n-]c3c(P(c4ccccc4)c4ccccc4)cc(C(C)(C)C)cc3c2c1.[CH2-]c1ccccc1N(C)C.[CH2-]c1ccccc1N(C)C.[Y+3]. The summed E-state index contributed by atoms with van der Waals surface area (Å²) < 4.78 is 0. The van der Waals surface area contributed by atoms with Gasteiger partial charge in [-0.25, -0.2) is 0 Å². The molecule has 0 saturated heterocycles. The standard InChI is InChI=1S/C44H42NP2.2C9H12N.Y/c1-43(2,3)31-27-37-38-28-32(44(4,5)6)30-40(47(35-23-15-9-16-24-35)36-25-17-10-18-26-36)42(38)45-41(37)39(29-31)46(33-19-11-7-12-20-33)34-21-13-8-14-22-34;2*1-8-6-4-5-7-9(8)10(2)3;/h7-30H,1-6H3;2*4-7H,1H2,2-3H3;/q3*-1;+3. The van der Waals surface area contributed by atoms with E-state index in [2.05, 4.69) is 223 Å². The van der Waals surface area contributed by atoms with Gasteiger partial charge in [0.2, 0.25) is 0 Å². The largest absolute Gasteiger partial charge is 3.00 e. The first-order valence-corrected chi connectivity index (χ1v) is 25.8. The fourth-order valence-corrected chi connectivity index (χ4v) is 13.2. The molecule has 3 nitrogen and oxygen atoms in total. The van der Waals surface area contributed by atoms with Crippen LogP contribution < -0.4 is 46.6 Å². The topological polar surface area (TPSA) is 20.6 Å². The molecule has 0 spiro atoms. The van der Waals surface area contributed by atoms with Gasteiger partial charge in [0.05, 0.1) is 0 Å². The van der Waals surface area contributed by atoms with E-state index >= 15 is 0 Å². The molecule has 0 aliphatic carbocycles. The number of anilines is 2. The molecule has 342 valence electrons. The molecule has 0 saturated carbocycles. The maximum atomic E-state index is 5.74. The smallest absolute Gasteiger partial charge is 0.656 e. The molecule has 0 fully saturated rings. The molecule has 0 aliphatic heterocycles. The van der Waals surface area contributed by atoms with Crippen LogP contribution in [0, 0.1) is 13.8 Å². The van der Waals surface area contributed by atoms with Crippen molar-refractivity contribution >= 4 is 80.9 Å². The second-order valence-electron chi connectivity index (χ2n) is 19.5. The number of hydrogen-bond acceptors (Lipinski definition) is 2. The zero-order chi connectivity index (χ0) is 47.9. The molecule has 0 aliphatic rings. The summed E-state index contributed by atoms with van der Waals surface area (Å²) >= 11 is 0. The third-order valence-corrected chi connectivity index (χ3v) is 16.8. The monoisotopic (exact) mass is 1000 g/mol. The molecule has 0 radical (unpaired) electrons. The first-order valence-electron chi connectivity index (χ1n) is 23.1. The Kier molecular flexibility index (Phi) is 17.7. The molecule has 8 aromatic carbocycles. The van der Waals surface area contributed by atoms with Crippen LogP contribution in [-0.4, -0.2) is 28.2 Å². The minimum absolute atomic E-state index is 0. The van der Waals surface area contributed by atoms with Crippen LogP contribution in [0.1, 0.15) is 63.8 Å². The van der Waals surface area contributed by atoms with E-state index < -0.39 is 15.8 Å². The predicted octanol–water partition coefficient (Wildman–Crippen LogP) is 12.9. The van der Waals surface area contributed by atoms with Crippen LogP contribution in [0.3, 0.4) is 0 Å². The molecule has 0 bridgehead atoms. The second kappa shape index (κ2) is 23.0. The number of nitrogens with zero attached hydrogens (tertiary/aromatic N) is 3. The Bertz CT molecular complexity index is 2720. The summed E-state index contributed by atoms with van der Waals surface area (Å²) in [4.78, 5) is 9.85. The molecule has 1 aromatic heterocycles. The van der Waals surface area contributed by atoms with Crippen LogP contribution in [-0.2, 0) is 43.5 Å². The van der Waals surface area contributed by atoms with Gasteiger partial charge in [0.15, 0.2) is 0 Å². The molecular formula is C62H66N3P2Y. The fourth-order valence-electron chi connectivity index (χ4n) is 8.26. The van der Waals surface area contributed by atoms with Crippen molar-refractivity contribution in [3.63, 3.8) is 0 Å². The van der Waals surface area contributed by atoms with E-state index in [4.69, 9.17) is 4.98 Å². The number of benzene rings is 8. The van der Waals surface area contributed by atoms with E-state index in [1.807, 2.05) is 64.6 Å². The Hall–Kier alpha value is -5.14. The fraction of sp³-hybridized carbons (Fsp3) is 0.194. The average Bonchev–Trinajstić information content (AvgIpc) is 3.70. The Labute approximate surface area is 435 Å². The molecule has 68 heavy (non-hydrogen) atoms. The minimum atomic E-state index is -0.846. The van der Waals surface area contributed by atoms with E-state index in [0.717, 1.165) is 22.2 Å². The van der Waals surface area contributed by atoms with Gasteiger partial charge in [0.1, 0.15) is 0 Å². The van der Waals surface area contributed by atoms with E-state index in [1.165, 1.54) is 65.1 Å². The molecule has 0 atom stereocenters. The zero-order valence-corrected chi connectivity index (χ0v) is 46.3. The molecule has 9 aromatic rings. The van der Waals surface area contributed by atoms with Crippen molar-refractivity contribution in [3.05, 3.63) is 230 Å². The van der Waals surface area contributed by atoms with Crippen LogP contribution in [0.4, 0.5) is 11.4 Å². The summed E-state index contributed by atoms with van der Waals surface area (Å²) in [6.45, 7) is 21.8. The molecule has 0 N–H and O–H groups in total. The van der Waals surface area contributed by atoms with Crippen LogP contribution >= 0.6 is 15.8 Å². The molecule has 0 unspecified atom stereocenters. The van der Waals surface area contributed by atoms with Gasteiger partial charge < -0.3 is 14.8 Å². The zero-order valence-electron chi connectivity index (χ0n) is 41.7. The van der Waals surface area contributed by atoms with Gasteiger partial charge in [-0.3, -0.25) is 0 Å². The molecular weight excluding hydrogens is 938 g/mol. The third-order valence-electron chi connectivity index (χ3n) is 11.9. The van der Waals surface area contributed by atoms with Gasteiger partial charge in [-0.2, -0.15) is 37.1 Å². The van der Waals surface area contributed by atoms with Crippen molar-refractivity contribution in [2.45, 2.75) is 52.4 Å². The van der Waals surface area contributed by atoms with Crippen molar-refractivity contribution in [1.29, 1.82) is 0 Å². The summed E-state index contributed by atoms with van der Waals surface area (Å²) in [5, 5.41) is 10.6. The Morgan fingerprint density at radius 1 is 0.382 bits per heavy atom. The summed E-state index contributed by atoms with van der Waals surface area (Å²) in [6, 6.07) is 70.2. The Balaban J connectivity index is 0.000000299. The van der Waals surface area contributed by atoms with Gasteiger partial charge in [0.25, 0.3) is 0 Å². The van der Waals surface area contributed by atoms with Crippen LogP contribution in [0.5, 0.6) is 0 Å². The van der Waals surface area contributed by atoms with Crippen LogP contribution in [0.25, 0.3) is 21.8 Å². The molecule has 0 amide bonds. The third kappa shape index (κ3) is 12.4. The van der Waals surface area contributed by atoms with E-state index in [1.54, 1.807) is 0 Å². The first-order chi connectivity index (χ1) is 32.0. The number of aromatic nitrogens is 1. The summed E-state index contributed by atoms with van der Waals surface area (Å²) in [6.07, 6.45) is 0. The number of fused-ring (bicyclic) bond motifs is 3. The number of hydrogen-bond donors (Lipinski definition) is 0. The summed E-state index contributed by atoms with van der Waals surface area (Å²) in [5.74, 6) is 0. The van der Waals surface area contributed by atoms with E-state index in [-0.39, 0.29) is 43.5 Å². The van der Waals surface area contributed by atoms with Crippen molar-refractivity contribution < 1.29 is 32.7 Å². The van der Waals surface area contributed by atoms with Crippen molar-refractivity contribution in [2.24, 2.45) is 0 Å².